The molecule has 0 saturated heterocycles. The summed E-state index contributed by atoms with van der Waals surface area (Å²) in [6.45, 7) is 1.76. The van der Waals surface area contributed by atoms with Gasteiger partial charge in [0.15, 0.2) is 0 Å². The summed E-state index contributed by atoms with van der Waals surface area (Å²) in [6.07, 6.45) is 0. The van der Waals surface area contributed by atoms with Crippen LogP contribution in [0.3, 0.4) is 0 Å². The van der Waals surface area contributed by atoms with Crippen LogP contribution in [0.2, 0.25) is 0 Å². The van der Waals surface area contributed by atoms with Gasteiger partial charge in [0.05, 0.1) is 5.69 Å². The molecule has 82 valence electrons. The topological polar surface area (TPSA) is 55.1 Å². The standard InChI is InChI=1S/C10H12F2N2O/c1-6(5-13)10(15)14-9-4-7(11)2-3-8(9)12/h2-4,6H,5,13H2,1H3,(H,14,15). The zero-order chi connectivity index (χ0) is 11.4. The van der Waals surface area contributed by atoms with Crippen LogP contribution in [-0.2, 0) is 4.79 Å². The second-order valence-corrected chi connectivity index (χ2v) is 3.25. The van der Waals surface area contributed by atoms with Crippen LogP contribution in [0.4, 0.5) is 14.5 Å². The van der Waals surface area contributed by atoms with Gasteiger partial charge in [-0.15, -0.1) is 0 Å². The van der Waals surface area contributed by atoms with E-state index in [0.717, 1.165) is 18.2 Å². The fourth-order valence-corrected chi connectivity index (χ4v) is 0.956. The molecule has 0 aromatic heterocycles. The molecule has 1 aromatic rings. The fraction of sp³-hybridized carbons (Fsp3) is 0.300. The van der Waals surface area contributed by atoms with Crippen LogP contribution in [0.25, 0.3) is 0 Å². The molecule has 0 bridgehead atoms. The van der Waals surface area contributed by atoms with E-state index in [1.54, 1.807) is 6.92 Å². The van der Waals surface area contributed by atoms with Crippen molar-refractivity contribution in [3.05, 3.63) is 29.8 Å². The molecule has 3 nitrogen and oxygen atoms in total. The Morgan fingerprint density at radius 1 is 1.53 bits per heavy atom. The summed E-state index contributed by atoms with van der Waals surface area (Å²) in [5, 5.41) is 2.27. The van der Waals surface area contributed by atoms with Gasteiger partial charge in [-0.25, -0.2) is 8.78 Å². The van der Waals surface area contributed by atoms with Crippen LogP contribution in [-0.4, -0.2) is 12.5 Å². The summed E-state index contributed by atoms with van der Waals surface area (Å²) in [5.41, 5.74) is 5.10. The number of amides is 1. The lowest BCUT2D eigenvalue weighted by atomic mass is 10.1. The maximum absolute atomic E-state index is 13.1. The maximum Gasteiger partial charge on any atom is 0.228 e. The number of rotatable bonds is 3. The Morgan fingerprint density at radius 2 is 2.20 bits per heavy atom. The largest absolute Gasteiger partial charge is 0.330 e. The van der Waals surface area contributed by atoms with E-state index < -0.39 is 23.5 Å². The van der Waals surface area contributed by atoms with Gasteiger partial charge in [0.25, 0.3) is 0 Å². The molecule has 0 aliphatic rings. The van der Waals surface area contributed by atoms with Crippen LogP contribution in [0.1, 0.15) is 6.92 Å². The molecule has 0 aliphatic heterocycles. The molecular formula is C10H12F2N2O. The average molecular weight is 214 g/mol. The first kappa shape index (κ1) is 11.6. The monoisotopic (exact) mass is 214 g/mol. The van der Waals surface area contributed by atoms with Gasteiger partial charge in [-0.3, -0.25) is 4.79 Å². The van der Waals surface area contributed by atoms with Gasteiger partial charge in [0.1, 0.15) is 11.6 Å². The molecular weight excluding hydrogens is 202 g/mol. The van der Waals surface area contributed by atoms with E-state index in [0.29, 0.717) is 0 Å². The molecule has 0 aliphatic carbocycles. The Labute approximate surface area is 86.3 Å². The predicted molar refractivity (Wildman–Crippen MR) is 53.2 cm³/mol. The van der Waals surface area contributed by atoms with Crippen LogP contribution >= 0.6 is 0 Å². The molecule has 1 atom stereocenters. The number of nitrogens with one attached hydrogen (secondary N) is 1. The molecule has 1 amide bonds. The molecule has 3 N–H and O–H groups in total. The molecule has 1 unspecified atom stereocenters. The third-order valence-electron chi connectivity index (χ3n) is 1.99. The van der Waals surface area contributed by atoms with Crippen molar-refractivity contribution >= 4 is 11.6 Å². The quantitative estimate of drug-likeness (QED) is 0.801. The number of carbonyl (C=O) groups is 1. The van der Waals surface area contributed by atoms with Gasteiger partial charge in [-0.2, -0.15) is 0 Å². The Morgan fingerprint density at radius 3 is 2.80 bits per heavy atom. The summed E-state index contributed by atoms with van der Waals surface area (Å²) in [4.78, 5) is 11.3. The van der Waals surface area contributed by atoms with Crippen molar-refractivity contribution in [1.29, 1.82) is 0 Å². The highest BCUT2D eigenvalue weighted by molar-refractivity contribution is 5.92. The first-order chi connectivity index (χ1) is 7.04. The number of hydrogen-bond donors (Lipinski definition) is 2. The Hall–Kier alpha value is -1.49. The van der Waals surface area contributed by atoms with Gasteiger partial charge >= 0.3 is 0 Å². The summed E-state index contributed by atoms with van der Waals surface area (Å²) in [6, 6.07) is 2.87. The minimum atomic E-state index is -0.672. The van der Waals surface area contributed by atoms with Gasteiger partial charge in [0, 0.05) is 18.5 Å². The Bertz CT molecular complexity index is 368. The molecule has 0 heterocycles. The normalized spacial score (nSPS) is 12.3. The minimum absolute atomic E-state index is 0.156. The highest BCUT2D eigenvalue weighted by Gasteiger charge is 2.13. The van der Waals surface area contributed by atoms with Crippen molar-refractivity contribution in [2.75, 3.05) is 11.9 Å². The third kappa shape index (κ3) is 2.99. The minimum Gasteiger partial charge on any atom is -0.330 e. The zero-order valence-electron chi connectivity index (χ0n) is 8.26. The van der Waals surface area contributed by atoms with E-state index in [1.165, 1.54) is 0 Å². The van der Waals surface area contributed by atoms with Gasteiger partial charge < -0.3 is 11.1 Å². The molecule has 0 saturated carbocycles. The van der Waals surface area contributed by atoms with Gasteiger partial charge in [-0.1, -0.05) is 6.92 Å². The van der Waals surface area contributed by atoms with Crippen molar-refractivity contribution in [3.63, 3.8) is 0 Å². The van der Waals surface area contributed by atoms with Crippen LogP contribution in [0.5, 0.6) is 0 Å². The molecule has 0 fully saturated rings. The summed E-state index contributed by atoms with van der Waals surface area (Å²) < 4.78 is 25.8. The fourth-order valence-electron chi connectivity index (χ4n) is 0.956. The number of halogens is 2. The molecule has 1 rings (SSSR count). The van der Waals surface area contributed by atoms with E-state index in [4.69, 9.17) is 5.73 Å². The molecule has 5 heteroatoms. The second kappa shape index (κ2) is 4.84. The van der Waals surface area contributed by atoms with Crippen LogP contribution in [0.15, 0.2) is 18.2 Å². The van der Waals surface area contributed by atoms with E-state index in [1.807, 2.05) is 0 Å². The Balaban J connectivity index is 2.80. The number of hydrogen-bond acceptors (Lipinski definition) is 2. The second-order valence-electron chi connectivity index (χ2n) is 3.25. The molecule has 15 heavy (non-hydrogen) atoms. The summed E-state index contributed by atoms with van der Waals surface area (Å²) >= 11 is 0. The van der Waals surface area contributed by atoms with E-state index in [-0.39, 0.29) is 12.2 Å². The summed E-state index contributed by atoms with van der Waals surface area (Å²) in [5.74, 6) is -2.14. The number of nitrogens with two attached hydrogens (primary N) is 1. The lowest BCUT2D eigenvalue weighted by molar-refractivity contribution is -0.119. The van der Waals surface area contributed by atoms with Gasteiger partial charge in [-0.05, 0) is 12.1 Å². The Kier molecular flexibility index (Phi) is 3.74. The van der Waals surface area contributed by atoms with Gasteiger partial charge in [0.2, 0.25) is 5.91 Å². The van der Waals surface area contributed by atoms with Crippen molar-refractivity contribution in [2.24, 2.45) is 11.7 Å². The lowest BCUT2D eigenvalue weighted by Gasteiger charge is -2.10. The van der Waals surface area contributed by atoms with Crippen LogP contribution in [0, 0.1) is 17.6 Å². The van der Waals surface area contributed by atoms with Crippen molar-refractivity contribution in [1.82, 2.24) is 0 Å². The highest BCUT2D eigenvalue weighted by atomic mass is 19.1. The number of carbonyl (C=O) groups excluding carboxylic acids is 1. The first-order valence-corrected chi connectivity index (χ1v) is 4.50. The molecule has 1 aromatic carbocycles. The van der Waals surface area contributed by atoms with E-state index in [2.05, 4.69) is 5.32 Å². The SMILES string of the molecule is CC(CN)C(=O)Nc1cc(F)ccc1F. The van der Waals surface area contributed by atoms with Crippen LogP contribution < -0.4 is 11.1 Å². The first-order valence-electron chi connectivity index (χ1n) is 4.50. The third-order valence-corrected chi connectivity index (χ3v) is 1.99. The zero-order valence-corrected chi connectivity index (χ0v) is 8.26. The van der Waals surface area contributed by atoms with Crippen molar-refractivity contribution < 1.29 is 13.6 Å². The lowest BCUT2D eigenvalue weighted by Crippen LogP contribution is -2.27. The van der Waals surface area contributed by atoms with Crippen molar-refractivity contribution in [3.8, 4) is 0 Å². The van der Waals surface area contributed by atoms with E-state index >= 15 is 0 Å². The number of anilines is 1. The number of benzene rings is 1. The van der Waals surface area contributed by atoms with E-state index in [9.17, 15) is 13.6 Å². The smallest absolute Gasteiger partial charge is 0.228 e. The predicted octanol–water partition coefficient (Wildman–Crippen LogP) is 1.50. The molecule has 0 spiro atoms. The average Bonchev–Trinajstić information content (AvgIpc) is 2.22. The maximum atomic E-state index is 13.1. The van der Waals surface area contributed by atoms with Crippen molar-refractivity contribution in [2.45, 2.75) is 6.92 Å². The summed E-state index contributed by atoms with van der Waals surface area (Å²) in [7, 11) is 0. The molecule has 0 radical (unpaired) electrons. The highest BCUT2D eigenvalue weighted by Crippen LogP contribution is 2.15.